The molecule has 0 aliphatic carbocycles. The maximum absolute atomic E-state index is 11.8. The summed E-state index contributed by atoms with van der Waals surface area (Å²) in [6.07, 6.45) is 1.35. The molecule has 1 aliphatic rings. The number of halogens is 1. The smallest absolute Gasteiger partial charge is 0.243 e. The zero-order valence-corrected chi connectivity index (χ0v) is 12.0. The Kier molecular flexibility index (Phi) is 5.64. The molecular formula is C13H18ClN3O3. The first-order chi connectivity index (χ1) is 9.10. The van der Waals surface area contributed by atoms with Crippen LogP contribution in [0.5, 0.6) is 5.75 Å². The fourth-order valence-corrected chi connectivity index (χ4v) is 2.06. The lowest BCUT2D eigenvalue weighted by atomic mass is 10.2. The predicted octanol–water partition coefficient (Wildman–Crippen LogP) is 1.26. The van der Waals surface area contributed by atoms with Crippen molar-refractivity contribution in [3.8, 4) is 5.75 Å². The quantitative estimate of drug-likeness (QED) is 0.820. The Labute approximate surface area is 123 Å². The highest BCUT2D eigenvalue weighted by molar-refractivity contribution is 5.95. The number of hydrogen-bond acceptors (Lipinski definition) is 4. The van der Waals surface area contributed by atoms with E-state index in [1.807, 2.05) is 0 Å². The van der Waals surface area contributed by atoms with Crippen LogP contribution in [0.2, 0.25) is 0 Å². The summed E-state index contributed by atoms with van der Waals surface area (Å²) >= 11 is 0. The number of carbonyl (C=O) groups excluding carboxylic acids is 2. The summed E-state index contributed by atoms with van der Waals surface area (Å²) < 4.78 is 5.04. The molecule has 0 aromatic heterocycles. The largest absolute Gasteiger partial charge is 0.495 e. The number of nitrogens with one attached hydrogen (secondary N) is 1. The van der Waals surface area contributed by atoms with Crippen molar-refractivity contribution in [3.05, 3.63) is 18.2 Å². The van der Waals surface area contributed by atoms with Gasteiger partial charge in [0.2, 0.25) is 11.8 Å². The third kappa shape index (κ3) is 3.77. The lowest BCUT2D eigenvalue weighted by Crippen LogP contribution is -2.33. The molecule has 3 N–H and O–H groups in total. The second-order valence-electron chi connectivity index (χ2n) is 4.42. The van der Waals surface area contributed by atoms with E-state index in [1.54, 1.807) is 23.1 Å². The van der Waals surface area contributed by atoms with Crippen LogP contribution >= 0.6 is 12.4 Å². The molecule has 0 saturated carbocycles. The van der Waals surface area contributed by atoms with Gasteiger partial charge in [-0.2, -0.15) is 0 Å². The van der Waals surface area contributed by atoms with Gasteiger partial charge in [-0.1, -0.05) is 0 Å². The second kappa shape index (κ2) is 7.00. The van der Waals surface area contributed by atoms with Gasteiger partial charge in [0.1, 0.15) is 5.75 Å². The second-order valence-corrected chi connectivity index (χ2v) is 4.42. The first-order valence-electron chi connectivity index (χ1n) is 6.11. The summed E-state index contributed by atoms with van der Waals surface area (Å²) in [6.45, 7) is 0.738. The Morgan fingerprint density at radius 1 is 1.50 bits per heavy atom. The van der Waals surface area contributed by atoms with Crippen molar-refractivity contribution in [1.29, 1.82) is 0 Å². The van der Waals surface area contributed by atoms with Gasteiger partial charge >= 0.3 is 0 Å². The maximum Gasteiger partial charge on any atom is 0.243 e. The average molecular weight is 300 g/mol. The first-order valence-corrected chi connectivity index (χ1v) is 6.11. The third-order valence-corrected chi connectivity index (χ3v) is 3.02. The van der Waals surface area contributed by atoms with E-state index in [0.29, 0.717) is 30.1 Å². The molecule has 6 nitrogen and oxygen atoms in total. The standard InChI is InChI=1S/C13H17N3O3.ClH/c1-19-11-5-4-9(7-10(11)14)15-12(17)8-16-6-2-3-13(16)18;/h4-5,7H,2-3,6,8,14H2,1H3,(H,15,17);1H. The van der Waals surface area contributed by atoms with Crippen LogP contribution in [0.25, 0.3) is 0 Å². The molecule has 1 aliphatic heterocycles. The molecule has 0 spiro atoms. The molecular weight excluding hydrogens is 282 g/mol. The zero-order chi connectivity index (χ0) is 13.8. The van der Waals surface area contributed by atoms with Crippen LogP contribution in [-0.4, -0.2) is 36.9 Å². The van der Waals surface area contributed by atoms with Crippen LogP contribution in [0.4, 0.5) is 11.4 Å². The summed E-state index contributed by atoms with van der Waals surface area (Å²) in [5.41, 5.74) is 6.80. The topological polar surface area (TPSA) is 84.7 Å². The number of carbonyl (C=O) groups is 2. The SMILES string of the molecule is COc1ccc(NC(=O)CN2CCCC2=O)cc1N.Cl. The molecule has 1 fully saturated rings. The molecule has 1 aromatic carbocycles. The molecule has 1 heterocycles. The van der Waals surface area contributed by atoms with E-state index in [0.717, 1.165) is 6.42 Å². The Morgan fingerprint density at radius 2 is 2.25 bits per heavy atom. The monoisotopic (exact) mass is 299 g/mol. The normalized spacial score (nSPS) is 13.8. The van der Waals surface area contributed by atoms with Gasteiger partial charge < -0.3 is 20.7 Å². The van der Waals surface area contributed by atoms with Crippen LogP contribution in [0.3, 0.4) is 0 Å². The molecule has 0 radical (unpaired) electrons. The molecule has 1 aromatic rings. The van der Waals surface area contributed by atoms with Crippen LogP contribution < -0.4 is 15.8 Å². The van der Waals surface area contributed by atoms with E-state index in [9.17, 15) is 9.59 Å². The number of likely N-dealkylation sites (tertiary alicyclic amines) is 1. The van der Waals surface area contributed by atoms with Gasteiger partial charge in [-0.25, -0.2) is 0 Å². The first kappa shape index (κ1) is 16.1. The molecule has 2 rings (SSSR count). The van der Waals surface area contributed by atoms with E-state index in [2.05, 4.69) is 5.32 Å². The van der Waals surface area contributed by atoms with Crippen LogP contribution in [0.1, 0.15) is 12.8 Å². The summed E-state index contributed by atoms with van der Waals surface area (Å²) in [5.74, 6) is 0.372. The van der Waals surface area contributed by atoms with Gasteiger partial charge in [0.25, 0.3) is 0 Å². The Hall–Kier alpha value is -1.95. The molecule has 0 unspecified atom stereocenters. The average Bonchev–Trinajstić information content (AvgIpc) is 2.75. The number of ether oxygens (including phenoxy) is 1. The minimum atomic E-state index is -0.222. The highest BCUT2D eigenvalue weighted by Crippen LogP contribution is 2.24. The van der Waals surface area contributed by atoms with Gasteiger partial charge in [0, 0.05) is 18.7 Å². The van der Waals surface area contributed by atoms with Gasteiger partial charge in [0.15, 0.2) is 0 Å². The number of benzene rings is 1. The number of hydrogen-bond donors (Lipinski definition) is 2. The third-order valence-electron chi connectivity index (χ3n) is 3.02. The molecule has 7 heteroatoms. The minimum Gasteiger partial charge on any atom is -0.495 e. The lowest BCUT2D eigenvalue weighted by Gasteiger charge is -2.15. The van der Waals surface area contributed by atoms with Gasteiger partial charge in [-0.3, -0.25) is 9.59 Å². The van der Waals surface area contributed by atoms with Crippen molar-refractivity contribution in [2.45, 2.75) is 12.8 Å². The maximum atomic E-state index is 11.8. The number of amides is 2. The molecule has 0 atom stereocenters. The van der Waals surface area contributed by atoms with E-state index in [-0.39, 0.29) is 30.8 Å². The number of nitrogen functional groups attached to an aromatic ring is 1. The predicted molar refractivity (Wildman–Crippen MR) is 79.1 cm³/mol. The van der Waals surface area contributed by atoms with Crippen LogP contribution in [0.15, 0.2) is 18.2 Å². The number of methoxy groups -OCH3 is 1. The summed E-state index contributed by atoms with van der Waals surface area (Å²) in [5, 5.41) is 2.71. The number of anilines is 2. The van der Waals surface area contributed by atoms with Crippen molar-refractivity contribution in [1.82, 2.24) is 4.90 Å². The van der Waals surface area contributed by atoms with Crippen molar-refractivity contribution in [3.63, 3.8) is 0 Å². The fraction of sp³-hybridized carbons (Fsp3) is 0.385. The van der Waals surface area contributed by atoms with Gasteiger partial charge in [0.05, 0.1) is 19.3 Å². The van der Waals surface area contributed by atoms with E-state index in [4.69, 9.17) is 10.5 Å². The summed E-state index contributed by atoms with van der Waals surface area (Å²) in [4.78, 5) is 24.8. The summed E-state index contributed by atoms with van der Waals surface area (Å²) in [7, 11) is 1.53. The van der Waals surface area contributed by atoms with Crippen molar-refractivity contribution < 1.29 is 14.3 Å². The van der Waals surface area contributed by atoms with Crippen molar-refractivity contribution in [2.75, 3.05) is 31.2 Å². The van der Waals surface area contributed by atoms with Gasteiger partial charge in [-0.05, 0) is 24.6 Å². The molecule has 0 bridgehead atoms. The minimum absolute atomic E-state index is 0. The zero-order valence-electron chi connectivity index (χ0n) is 11.2. The molecule has 110 valence electrons. The molecule has 2 amide bonds. The van der Waals surface area contributed by atoms with E-state index >= 15 is 0 Å². The Bertz CT molecular complexity index is 508. The Morgan fingerprint density at radius 3 is 2.80 bits per heavy atom. The Balaban J connectivity index is 0.00000200. The number of rotatable bonds is 4. The lowest BCUT2D eigenvalue weighted by molar-refractivity contribution is -0.131. The molecule has 20 heavy (non-hydrogen) atoms. The highest BCUT2D eigenvalue weighted by Gasteiger charge is 2.22. The van der Waals surface area contributed by atoms with Crippen LogP contribution in [0, 0.1) is 0 Å². The number of nitrogens with zero attached hydrogens (tertiary/aromatic N) is 1. The van der Waals surface area contributed by atoms with E-state index in [1.165, 1.54) is 7.11 Å². The summed E-state index contributed by atoms with van der Waals surface area (Å²) in [6, 6.07) is 5.02. The fourth-order valence-electron chi connectivity index (χ4n) is 2.06. The van der Waals surface area contributed by atoms with E-state index < -0.39 is 0 Å². The molecule has 1 saturated heterocycles. The highest BCUT2D eigenvalue weighted by atomic mass is 35.5. The van der Waals surface area contributed by atoms with Crippen molar-refractivity contribution in [2.24, 2.45) is 0 Å². The van der Waals surface area contributed by atoms with Crippen molar-refractivity contribution >= 4 is 35.6 Å². The van der Waals surface area contributed by atoms with Crippen LogP contribution in [-0.2, 0) is 9.59 Å². The number of nitrogens with two attached hydrogens (primary N) is 1. The van der Waals surface area contributed by atoms with Gasteiger partial charge in [-0.15, -0.1) is 12.4 Å².